The van der Waals surface area contributed by atoms with Gasteiger partial charge in [-0.3, -0.25) is 0 Å². The summed E-state index contributed by atoms with van der Waals surface area (Å²) in [5, 5.41) is 0.873. The number of nitrogens with two attached hydrogens (primary N) is 2. The summed E-state index contributed by atoms with van der Waals surface area (Å²) in [7, 11) is 0. The van der Waals surface area contributed by atoms with Gasteiger partial charge in [-0.25, -0.2) is 9.97 Å². The number of nitrogen functional groups attached to an aromatic ring is 2. The van der Waals surface area contributed by atoms with Crippen LogP contribution < -0.4 is 11.5 Å². The summed E-state index contributed by atoms with van der Waals surface area (Å²) >= 11 is 1.62. The minimum absolute atomic E-state index is 0.535. The molecule has 0 bridgehead atoms. The van der Waals surface area contributed by atoms with Crippen molar-refractivity contribution in [2.24, 2.45) is 0 Å². The predicted octanol–water partition coefficient (Wildman–Crippen LogP) is 2.41. The van der Waals surface area contributed by atoms with E-state index in [-0.39, 0.29) is 0 Å². The number of benzene rings is 1. The maximum absolute atomic E-state index is 5.74. The fraction of sp³-hybridized carbons (Fsp3) is 0.0769. The lowest BCUT2D eigenvalue weighted by Gasteiger charge is -1.98. The number of hydrogen-bond acceptors (Lipinski definition) is 5. The highest BCUT2D eigenvalue weighted by Gasteiger charge is 2.04. The molecule has 19 heavy (non-hydrogen) atoms. The highest BCUT2D eigenvalue weighted by molar-refractivity contribution is 7.98. The van der Waals surface area contributed by atoms with Gasteiger partial charge in [0.1, 0.15) is 5.82 Å². The molecular formula is C13H13N5S. The first kappa shape index (κ1) is 11.9. The Hall–Kier alpha value is -2.21. The molecule has 0 amide bonds. The van der Waals surface area contributed by atoms with E-state index in [4.69, 9.17) is 11.5 Å². The Morgan fingerprint density at radius 2 is 2.05 bits per heavy atom. The molecule has 0 saturated carbocycles. The number of aromatic nitrogens is 3. The first-order valence-electron chi connectivity index (χ1n) is 5.79. The monoisotopic (exact) mass is 271 g/mol. The van der Waals surface area contributed by atoms with Crippen LogP contribution in [-0.4, -0.2) is 15.0 Å². The summed E-state index contributed by atoms with van der Waals surface area (Å²) in [6.07, 6.45) is 1.78. The fourth-order valence-electron chi connectivity index (χ4n) is 1.75. The zero-order valence-corrected chi connectivity index (χ0v) is 10.9. The van der Waals surface area contributed by atoms with Gasteiger partial charge in [0.05, 0.1) is 11.0 Å². The Labute approximate surface area is 114 Å². The number of anilines is 2. The minimum Gasteiger partial charge on any atom is -0.399 e. The summed E-state index contributed by atoms with van der Waals surface area (Å²) in [6, 6.07) is 9.42. The average molecular weight is 271 g/mol. The lowest BCUT2D eigenvalue weighted by molar-refractivity contribution is 1.08. The molecule has 5 N–H and O–H groups in total. The topological polar surface area (TPSA) is 93.6 Å². The summed E-state index contributed by atoms with van der Waals surface area (Å²) in [4.78, 5) is 11.8. The van der Waals surface area contributed by atoms with Crippen LogP contribution in [0.15, 0.2) is 41.7 Å². The quantitative estimate of drug-likeness (QED) is 0.502. The van der Waals surface area contributed by atoms with Gasteiger partial charge in [0.2, 0.25) is 0 Å². The zero-order valence-electron chi connectivity index (χ0n) is 10.1. The van der Waals surface area contributed by atoms with Crippen LogP contribution in [0.1, 0.15) is 5.56 Å². The first-order chi connectivity index (χ1) is 9.20. The van der Waals surface area contributed by atoms with Crippen molar-refractivity contribution in [1.29, 1.82) is 0 Å². The van der Waals surface area contributed by atoms with Gasteiger partial charge in [0.15, 0.2) is 5.16 Å². The summed E-state index contributed by atoms with van der Waals surface area (Å²) in [6.45, 7) is 0. The number of hydrogen-bond donors (Lipinski definition) is 3. The smallest absolute Gasteiger partial charge is 0.166 e. The molecule has 0 atom stereocenters. The van der Waals surface area contributed by atoms with E-state index in [2.05, 4.69) is 15.0 Å². The third-order valence-corrected chi connectivity index (χ3v) is 3.65. The highest BCUT2D eigenvalue weighted by atomic mass is 32.2. The van der Waals surface area contributed by atoms with Crippen molar-refractivity contribution < 1.29 is 0 Å². The molecule has 3 aromatic rings. The molecular weight excluding hydrogens is 258 g/mol. The molecule has 0 aliphatic heterocycles. The lowest BCUT2D eigenvalue weighted by Crippen LogP contribution is -1.90. The van der Waals surface area contributed by atoms with E-state index in [9.17, 15) is 0 Å². The second-order valence-electron chi connectivity index (χ2n) is 4.20. The average Bonchev–Trinajstić information content (AvgIpc) is 2.80. The van der Waals surface area contributed by atoms with Gasteiger partial charge in [-0.15, -0.1) is 0 Å². The van der Waals surface area contributed by atoms with Gasteiger partial charge in [0, 0.05) is 17.6 Å². The second-order valence-corrected chi connectivity index (χ2v) is 5.16. The summed E-state index contributed by atoms with van der Waals surface area (Å²) in [5.41, 5.74) is 15.0. The first-order valence-corrected chi connectivity index (χ1v) is 6.78. The zero-order chi connectivity index (χ0) is 13.2. The summed E-state index contributed by atoms with van der Waals surface area (Å²) in [5.74, 6) is 1.33. The van der Waals surface area contributed by atoms with Crippen LogP contribution in [0.25, 0.3) is 11.0 Å². The molecule has 0 saturated heterocycles. The molecule has 3 rings (SSSR count). The van der Waals surface area contributed by atoms with Crippen molar-refractivity contribution >= 4 is 34.3 Å². The molecule has 0 aliphatic rings. The summed E-state index contributed by atoms with van der Waals surface area (Å²) < 4.78 is 0. The van der Waals surface area contributed by atoms with E-state index in [0.717, 1.165) is 33.2 Å². The van der Waals surface area contributed by atoms with Gasteiger partial charge in [-0.2, -0.15) is 0 Å². The number of nitrogens with one attached hydrogen (secondary N) is 1. The van der Waals surface area contributed by atoms with Crippen molar-refractivity contribution in [3.05, 3.63) is 42.1 Å². The van der Waals surface area contributed by atoms with Crippen molar-refractivity contribution in [3.63, 3.8) is 0 Å². The van der Waals surface area contributed by atoms with Gasteiger partial charge < -0.3 is 16.5 Å². The predicted molar refractivity (Wildman–Crippen MR) is 78.7 cm³/mol. The number of fused-ring (bicyclic) bond motifs is 1. The van der Waals surface area contributed by atoms with Crippen LogP contribution >= 0.6 is 11.8 Å². The lowest BCUT2D eigenvalue weighted by atomic mass is 10.3. The van der Waals surface area contributed by atoms with E-state index >= 15 is 0 Å². The largest absolute Gasteiger partial charge is 0.399 e. The van der Waals surface area contributed by atoms with E-state index in [1.54, 1.807) is 24.0 Å². The van der Waals surface area contributed by atoms with Crippen molar-refractivity contribution in [1.82, 2.24) is 15.0 Å². The van der Waals surface area contributed by atoms with Crippen molar-refractivity contribution in [2.45, 2.75) is 10.9 Å². The van der Waals surface area contributed by atoms with E-state index in [1.165, 1.54) is 0 Å². The molecule has 6 heteroatoms. The number of nitrogens with zero attached hydrogens (tertiary/aromatic N) is 2. The third kappa shape index (κ3) is 2.63. The van der Waals surface area contributed by atoms with Crippen LogP contribution in [0.4, 0.5) is 11.5 Å². The van der Waals surface area contributed by atoms with Gasteiger partial charge in [0.25, 0.3) is 0 Å². The molecule has 1 aromatic carbocycles. The standard InChI is InChI=1S/C13H13N5S/c14-9-2-3-10-11(5-9)18-13(17-10)19-7-8-1-4-12(15)16-6-8/h1-6H,7,14H2,(H2,15,16)(H,17,18). The van der Waals surface area contributed by atoms with E-state index in [1.807, 2.05) is 24.3 Å². The molecule has 2 aromatic heterocycles. The highest BCUT2D eigenvalue weighted by Crippen LogP contribution is 2.23. The molecule has 2 heterocycles. The van der Waals surface area contributed by atoms with Gasteiger partial charge >= 0.3 is 0 Å². The van der Waals surface area contributed by atoms with Crippen molar-refractivity contribution in [3.8, 4) is 0 Å². The minimum atomic E-state index is 0.535. The number of pyridine rings is 1. The molecule has 0 fully saturated rings. The second kappa shape index (κ2) is 4.81. The Balaban J connectivity index is 1.76. The number of H-pyrrole nitrogens is 1. The maximum Gasteiger partial charge on any atom is 0.166 e. The Morgan fingerprint density at radius 1 is 1.16 bits per heavy atom. The number of thioether (sulfide) groups is 1. The van der Waals surface area contributed by atoms with E-state index < -0.39 is 0 Å². The number of aromatic amines is 1. The van der Waals surface area contributed by atoms with Crippen LogP contribution in [-0.2, 0) is 5.75 Å². The Kier molecular flexibility index (Phi) is 3.00. The molecule has 0 spiro atoms. The Morgan fingerprint density at radius 3 is 2.84 bits per heavy atom. The molecule has 5 nitrogen and oxygen atoms in total. The number of rotatable bonds is 3. The molecule has 0 unspecified atom stereocenters. The van der Waals surface area contributed by atoms with Crippen LogP contribution in [0.3, 0.4) is 0 Å². The van der Waals surface area contributed by atoms with Crippen LogP contribution in [0, 0.1) is 0 Å². The van der Waals surface area contributed by atoms with Gasteiger partial charge in [-0.05, 0) is 29.8 Å². The third-order valence-electron chi connectivity index (χ3n) is 2.71. The molecule has 0 aliphatic carbocycles. The molecule has 0 radical (unpaired) electrons. The Bertz CT molecular complexity index is 705. The number of imidazole rings is 1. The fourth-order valence-corrected chi connectivity index (χ4v) is 2.56. The van der Waals surface area contributed by atoms with Crippen LogP contribution in [0.5, 0.6) is 0 Å². The van der Waals surface area contributed by atoms with Crippen LogP contribution in [0.2, 0.25) is 0 Å². The van der Waals surface area contributed by atoms with E-state index in [0.29, 0.717) is 5.82 Å². The maximum atomic E-state index is 5.74. The SMILES string of the molecule is Nc1ccc2nc(SCc3ccc(N)nc3)[nH]c2c1. The molecule has 96 valence electrons. The van der Waals surface area contributed by atoms with Crippen molar-refractivity contribution in [2.75, 3.05) is 11.5 Å². The normalized spacial score (nSPS) is 10.9. The van der Waals surface area contributed by atoms with Gasteiger partial charge in [-0.1, -0.05) is 17.8 Å².